The average Bonchev–Trinajstić information content (AvgIpc) is 2.72. The van der Waals surface area contributed by atoms with Crippen LogP contribution in [0.25, 0.3) is 0 Å². The van der Waals surface area contributed by atoms with Crippen LogP contribution in [0.15, 0.2) is 15.9 Å². The summed E-state index contributed by atoms with van der Waals surface area (Å²) in [6.45, 7) is 0.748. The third-order valence-electron chi connectivity index (χ3n) is 3.38. The molecule has 0 aromatic carbocycles. The van der Waals surface area contributed by atoms with Gasteiger partial charge in [0.2, 0.25) is 0 Å². The molecule has 1 aliphatic carbocycles. The highest BCUT2D eigenvalue weighted by atomic mass is 79.9. The van der Waals surface area contributed by atoms with Gasteiger partial charge in [0.1, 0.15) is 0 Å². The van der Waals surface area contributed by atoms with Gasteiger partial charge in [0.05, 0.1) is 9.70 Å². The average molecular weight is 342 g/mol. The summed E-state index contributed by atoms with van der Waals surface area (Å²) in [7, 11) is 0. The van der Waals surface area contributed by atoms with Crippen molar-refractivity contribution in [2.24, 2.45) is 5.92 Å². The number of hydrogen-bond acceptors (Lipinski definition) is 2. The Morgan fingerprint density at radius 1 is 1.22 bits per heavy atom. The van der Waals surface area contributed by atoms with Crippen LogP contribution in [0.1, 0.15) is 30.6 Å². The van der Waals surface area contributed by atoms with Gasteiger partial charge in [-0.25, -0.2) is 0 Å². The second-order valence-corrected chi connectivity index (χ2v) is 7.22. The molecule has 0 unspecified atom stereocenters. The molecule has 0 saturated heterocycles. The van der Waals surface area contributed by atoms with Gasteiger partial charge < -0.3 is 5.32 Å². The van der Waals surface area contributed by atoms with E-state index in [4.69, 9.17) is 0 Å². The molecular weight excluding hydrogens is 327 g/mol. The molecule has 0 atom stereocenters. The Balaban J connectivity index is 1.74. The maximum Gasteiger partial charge on any atom is 0.391 e. The first-order valence-electron chi connectivity index (χ1n) is 5.99. The van der Waals surface area contributed by atoms with Gasteiger partial charge in [0.25, 0.3) is 0 Å². The fourth-order valence-corrected chi connectivity index (χ4v) is 3.75. The summed E-state index contributed by atoms with van der Waals surface area (Å²) in [6, 6.07) is 4.25. The second kappa shape index (κ2) is 5.92. The van der Waals surface area contributed by atoms with Gasteiger partial charge in [0, 0.05) is 17.5 Å². The smallest absolute Gasteiger partial charge is 0.309 e. The Labute approximate surface area is 117 Å². The lowest BCUT2D eigenvalue weighted by molar-refractivity contribution is -0.182. The second-order valence-electron chi connectivity index (χ2n) is 4.68. The zero-order valence-electron chi connectivity index (χ0n) is 9.77. The minimum absolute atomic E-state index is 0.226. The predicted octanol–water partition coefficient (Wildman–Crippen LogP) is 4.72. The topological polar surface area (TPSA) is 12.0 Å². The highest BCUT2D eigenvalue weighted by molar-refractivity contribution is 9.11. The molecule has 102 valence electrons. The summed E-state index contributed by atoms with van der Waals surface area (Å²) < 4.78 is 38.6. The summed E-state index contributed by atoms with van der Waals surface area (Å²) in [6.07, 6.45) is -2.25. The van der Waals surface area contributed by atoms with Gasteiger partial charge in [-0.1, -0.05) is 0 Å². The van der Waals surface area contributed by atoms with E-state index in [-0.39, 0.29) is 18.9 Å². The van der Waals surface area contributed by atoms with Gasteiger partial charge in [-0.3, -0.25) is 0 Å². The molecule has 1 fully saturated rings. The first kappa shape index (κ1) is 14.3. The van der Waals surface area contributed by atoms with Crippen molar-refractivity contribution in [3.05, 3.63) is 20.8 Å². The highest BCUT2D eigenvalue weighted by Gasteiger charge is 2.41. The van der Waals surface area contributed by atoms with Crippen LogP contribution in [0.2, 0.25) is 0 Å². The van der Waals surface area contributed by atoms with Gasteiger partial charge in [0.15, 0.2) is 0 Å². The molecule has 0 amide bonds. The number of nitrogens with one attached hydrogen (secondary N) is 1. The summed E-state index contributed by atoms with van der Waals surface area (Å²) in [5.74, 6) is -1.09. The van der Waals surface area contributed by atoms with Crippen molar-refractivity contribution in [2.75, 3.05) is 0 Å². The Morgan fingerprint density at radius 2 is 1.89 bits per heavy atom. The van der Waals surface area contributed by atoms with E-state index in [2.05, 4.69) is 21.2 Å². The van der Waals surface area contributed by atoms with Crippen molar-refractivity contribution in [3.8, 4) is 0 Å². The first-order valence-corrected chi connectivity index (χ1v) is 7.60. The van der Waals surface area contributed by atoms with Crippen molar-refractivity contribution in [1.29, 1.82) is 0 Å². The summed E-state index contributed by atoms with van der Waals surface area (Å²) in [4.78, 5) is 1.21. The summed E-state index contributed by atoms with van der Waals surface area (Å²) >= 11 is 5.05. The molecule has 1 nitrogen and oxygen atoms in total. The molecule has 0 spiro atoms. The highest BCUT2D eigenvalue weighted by Crippen LogP contribution is 2.37. The largest absolute Gasteiger partial charge is 0.391 e. The lowest BCUT2D eigenvalue weighted by Crippen LogP contribution is -2.36. The van der Waals surface area contributed by atoms with E-state index in [1.54, 1.807) is 11.3 Å². The minimum Gasteiger partial charge on any atom is -0.309 e. The van der Waals surface area contributed by atoms with Crippen LogP contribution < -0.4 is 5.32 Å². The van der Waals surface area contributed by atoms with Crippen LogP contribution >= 0.6 is 27.3 Å². The molecule has 1 aliphatic rings. The summed E-state index contributed by atoms with van der Waals surface area (Å²) in [5.41, 5.74) is 0. The molecule has 1 aromatic heterocycles. The first-order chi connectivity index (χ1) is 8.45. The Morgan fingerprint density at radius 3 is 2.39 bits per heavy atom. The monoisotopic (exact) mass is 341 g/mol. The molecule has 6 heteroatoms. The lowest BCUT2D eigenvalue weighted by Gasteiger charge is -2.30. The fraction of sp³-hybridized carbons (Fsp3) is 0.667. The predicted molar refractivity (Wildman–Crippen MR) is 70.7 cm³/mol. The van der Waals surface area contributed by atoms with Crippen molar-refractivity contribution in [1.82, 2.24) is 5.32 Å². The Bertz CT molecular complexity index is 383. The van der Waals surface area contributed by atoms with E-state index in [0.29, 0.717) is 12.8 Å². The molecule has 1 heterocycles. The maximum absolute atomic E-state index is 12.5. The molecule has 0 bridgehead atoms. The van der Waals surface area contributed by atoms with Crippen LogP contribution in [0.3, 0.4) is 0 Å². The normalized spacial score (nSPS) is 25.3. The zero-order valence-corrected chi connectivity index (χ0v) is 12.2. The SMILES string of the molecule is FC(F)(F)C1CCC(NCc2ccc(Br)s2)CC1. The lowest BCUT2D eigenvalue weighted by atomic mass is 9.85. The molecule has 0 radical (unpaired) electrons. The third kappa shape index (κ3) is 3.96. The standard InChI is InChI=1S/C12H15BrF3NS/c13-11-6-5-10(18-11)7-17-9-3-1-8(2-4-9)12(14,15)16/h5-6,8-9,17H,1-4,7H2. The van der Waals surface area contributed by atoms with Gasteiger partial charge in [-0.05, 0) is 53.7 Å². The number of rotatable bonds is 3. The molecule has 18 heavy (non-hydrogen) atoms. The van der Waals surface area contributed by atoms with Crippen LogP contribution in [-0.4, -0.2) is 12.2 Å². The molecular formula is C12H15BrF3NS. The number of thiophene rings is 1. The van der Waals surface area contributed by atoms with Crippen LogP contribution in [-0.2, 0) is 6.54 Å². The van der Waals surface area contributed by atoms with Crippen LogP contribution in [0, 0.1) is 5.92 Å². The number of hydrogen-bond donors (Lipinski definition) is 1. The number of alkyl halides is 3. The molecule has 1 saturated carbocycles. The van der Waals surface area contributed by atoms with Crippen molar-refractivity contribution < 1.29 is 13.2 Å². The van der Waals surface area contributed by atoms with Crippen LogP contribution in [0.5, 0.6) is 0 Å². The molecule has 0 aliphatic heterocycles. The van der Waals surface area contributed by atoms with Gasteiger partial charge in [-0.2, -0.15) is 13.2 Å². The van der Waals surface area contributed by atoms with Gasteiger partial charge in [-0.15, -0.1) is 11.3 Å². The summed E-state index contributed by atoms with van der Waals surface area (Å²) in [5, 5.41) is 3.35. The van der Waals surface area contributed by atoms with E-state index in [9.17, 15) is 13.2 Å². The van der Waals surface area contributed by atoms with Crippen molar-refractivity contribution in [3.63, 3.8) is 0 Å². The Hall–Kier alpha value is -0.0700. The van der Waals surface area contributed by atoms with Crippen molar-refractivity contribution in [2.45, 2.75) is 44.4 Å². The quantitative estimate of drug-likeness (QED) is 0.838. The fourth-order valence-electron chi connectivity index (χ4n) is 2.32. The Kier molecular flexibility index (Phi) is 4.72. The van der Waals surface area contributed by atoms with Crippen molar-refractivity contribution >= 4 is 27.3 Å². The van der Waals surface area contributed by atoms with E-state index in [1.807, 2.05) is 12.1 Å². The molecule has 1 N–H and O–H groups in total. The van der Waals surface area contributed by atoms with Gasteiger partial charge >= 0.3 is 6.18 Å². The number of halogens is 4. The van der Waals surface area contributed by atoms with E-state index in [1.165, 1.54) is 4.88 Å². The molecule has 2 rings (SSSR count). The molecule has 1 aromatic rings. The van der Waals surface area contributed by atoms with E-state index >= 15 is 0 Å². The maximum atomic E-state index is 12.5. The third-order valence-corrected chi connectivity index (χ3v) is 5.01. The minimum atomic E-state index is -4.01. The van der Waals surface area contributed by atoms with Crippen LogP contribution in [0.4, 0.5) is 13.2 Å². The van der Waals surface area contributed by atoms with E-state index in [0.717, 1.165) is 10.3 Å². The zero-order chi connectivity index (χ0) is 13.2. The van der Waals surface area contributed by atoms with E-state index < -0.39 is 12.1 Å².